The van der Waals surface area contributed by atoms with Crippen molar-refractivity contribution in [2.45, 2.75) is 13.8 Å². The molecule has 0 unspecified atom stereocenters. The fraction of sp³-hybridized carbons (Fsp3) is 0.154. The van der Waals surface area contributed by atoms with Gasteiger partial charge in [0.1, 0.15) is 0 Å². The molecule has 0 spiro atoms. The van der Waals surface area contributed by atoms with Crippen molar-refractivity contribution in [1.29, 1.82) is 0 Å². The largest absolute Gasteiger partial charge is 0.333 e. The first-order valence-corrected chi connectivity index (χ1v) is 6.33. The molecule has 2 rings (SSSR count). The van der Waals surface area contributed by atoms with Gasteiger partial charge < -0.3 is 4.98 Å². The number of ketones is 1. The van der Waals surface area contributed by atoms with E-state index in [2.05, 4.69) is 20.9 Å². The maximum absolute atomic E-state index is 12.1. The SMILES string of the molecule is CC(=O)c1c[nH]c(=O)n(-c2ccc(Br)c(C)c2)c1=O. The summed E-state index contributed by atoms with van der Waals surface area (Å²) in [5.74, 6) is -0.385. The topological polar surface area (TPSA) is 71.9 Å². The highest BCUT2D eigenvalue weighted by molar-refractivity contribution is 9.10. The molecule has 1 N–H and O–H groups in total. The number of hydrogen-bond acceptors (Lipinski definition) is 3. The molecule has 98 valence electrons. The molecule has 0 aliphatic heterocycles. The number of nitrogens with zero attached hydrogens (tertiary/aromatic N) is 1. The first kappa shape index (κ1) is 13.5. The van der Waals surface area contributed by atoms with Gasteiger partial charge in [-0.15, -0.1) is 0 Å². The number of aryl methyl sites for hydroxylation is 1. The number of halogens is 1. The number of aromatic amines is 1. The Morgan fingerprint density at radius 2 is 2.00 bits per heavy atom. The number of carbonyl (C=O) groups is 1. The van der Waals surface area contributed by atoms with E-state index in [0.717, 1.165) is 20.8 Å². The zero-order valence-electron chi connectivity index (χ0n) is 10.4. The Morgan fingerprint density at radius 1 is 1.32 bits per heavy atom. The summed E-state index contributed by atoms with van der Waals surface area (Å²) < 4.78 is 1.83. The van der Waals surface area contributed by atoms with Gasteiger partial charge in [-0.05, 0) is 37.6 Å². The molecule has 0 atom stereocenters. The van der Waals surface area contributed by atoms with Gasteiger partial charge in [-0.3, -0.25) is 9.59 Å². The lowest BCUT2D eigenvalue weighted by atomic mass is 10.2. The van der Waals surface area contributed by atoms with Crippen molar-refractivity contribution in [3.05, 3.63) is 60.8 Å². The predicted octanol–water partition coefficient (Wildman–Crippen LogP) is 1.80. The van der Waals surface area contributed by atoms with Crippen LogP contribution in [0.3, 0.4) is 0 Å². The molecule has 6 heteroatoms. The highest BCUT2D eigenvalue weighted by atomic mass is 79.9. The fourth-order valence-corrected chi connectivity index (χ4v) is 1.97. The Kier molecular flexibility index (Phi) is 3.53. The zero-order chi connectivity index (χ0) is 14.2. The minimum absolute atomic E-state index is 0.0415. The molecular weight excluding hydrogens is 312 g/mol. The van der Waals surface area contributed by atoms with E-state index in [1.165, 1.54) is 6.92 Å². The van der Waals surface area contributed by atoms with Crippen molar-refractivity contribution < 1.29 is 4.79 Å². The van der Waals surface area contributed by atoms with Gasteiger partial charge in [0.25, 0.3) is 5.56 Å². The normalized spacial score (nSPS) is 10.5. The average Bonchev–Trinajstić information content (AvgIpc) is 2.33. The Labute approximate surface area is 117 Å². The van der Waals surface area contributed by atoms with Crippen LogP contribution in [0.4, 0.5) is 0 Å². The molecule has 5 nitrogen and oxygen atoms in total. The highest BCUT2D eigenvalue weighted by Crippen LogP contribution is 2.18. The molecule has 0 saturated heterocycles. The molecule has 0 aliphatic carbocycles. The molecule has 0 fully saturated rings. The number of rotatable bonds is 2. The minimum Gasteiger partial charge on any atom is -0.313 e. The maximum Gasteiger partial charge on any atom is 0.333 e. The second-order valence-electron chi connectivity index (χ2n) is 4.14. The number of H-pyrrole nitrogens is 1. The number of aromatic nitrogens is 2. The third-order valence-corrected chi connectivity index (χ3v) is 3.65. The lowest BCUT2D eigenvalue weighted by Crippen LogP contribution is -2.36. The van der Waals surface area contributed by atoms with E-state index in [-0.39, 0.29) is 11.3 Å². The number of benzene rings is 1. The third-order valence-electron chi connectivity index (χ3n) is 2.76. The number of nitrogens with one attached hydrogen (secondary N) is 1. The van der Waals surface area contributed by atoms with Crippen molar-refractivity contribution in [3.8, 4) is 5.69 Å². The van der Waals surface area contributed by atoms with Crippen molar-refractivity contribution in [2.75, 3.05) is 0 Å². The monoisotopic (exact) mass is 322 g/mol. The smallest absolute Gasteiger partial charge is 0.313 e. The van der Waals surface area contributed by atoms with Crippen LogP contribution >= 0.6 is 15.9 Å². The summed E-state index contributed by atoms with van der Waals surface area (Å²) in [6, 6.07) is 5.08. The standard InChI is InChI=1S/C13H11BrN2O3/c1-7-5-9(3-4-11(7)14)16-12(18)10(8(2)17)6-15-13(16)19/h3-6H,1-2H3,(H,15,19). The number of hydrogen-bond donors (Lipinski definition) is 1. The summed E-state index contributed by atoms with van der Waals surface area (Å²) in [6.07, 6.45) is 1.15. The lowest BCUT2D eigenvalue weighted by Gasteiger charge is -2.07. The van der Waals surface area contributed by atoms with Crippen LogP contribution in [-0.2, 0) is 0 Å². The Bertz CT molecular complexity index is 774. The molecule has 19 heavy (non-hydrogen) atoms. The minimum atomic E-state index is -0.613. The second kappa shape index (κ2) is 4.97. The van der Waals surface area contributed by atoms with Crippen LogP contribution in [0.15, 0.2) is 38.5 Å². The summed E-state index contributed by atoms with van der Waals surface area (Å²) >= 11 is 3.35. The molecular formula is C13H11BrN2O3. The van der Waals surface area contributed by atoms with Gasteiger partial charge in [0.05, 0.1) is 11.3 Å². The summed E-state index contributed by atoms with van der Waals surface area (Å²) in [5, 5.41) is 0. The van der Waals surface area contributed by atoms with E-state index in [9.17, 15) is 14.4 Å². The van der Waals surface area contributed by atoms with Crippen molar-refractivity contribution in [2.24, 2.45) is 0 Å². The molecule has 0 amide bonds. The molecule has 0 aliphatic rings. The molecule has 0 radical (unpaired) electrons. The van der Waals surface area contributed by atoms with Gasteiger partial charge >= 0.3 is 5.69 Å². The van der Waals surface area contributed by atoms with Gasteiger partial charge in [-0.2, -0.15) is 0 Å². The van der Waals surface area contributed by atoms with E-state index in [4.69, 9.17) is 0 Å². The van der Waals surface area contributed by atoms with Crippen LogP contribution in [-0.4, -0.2) is 15.3 Å². The Morgan fingerprint density at radius 3 is 2.58 bits per heavy atom. The fourth-order valence-electron chi connectivity index (χ4n) is 1.73. The summed E-state index contributed by atoms with van der Waals surface area (Å²) in [7, 11) is 0. The van der Waals surface area contributed by atoms with E-state index in [0.29, 0.717) is 5.69 Å². The van der Waals surface area contributed by atoms with Crippen LogP contribution in [0.1, 0.15) is 22.8 Å². The van der Waals surface area contributed by atoms with Gasteiger partial charge in [0, 0.05) is 10.7 Å². The van der Waals surface area contributed by atoms with Gasteiger partial charge in [0.15, 0.2) is 5.78 Å². The lowest BCUT2D eigenvalue weighted by molar-refractivity contribution is 0.101. The quantitative estimate of drug-likeness (QED) is 0.857. The van der Waals surface area contributed by atoms with E-state index in [1.807, 2.05) is 6.92 Å². The van der Waals surface area contributed by atoms with Gasteiger partial charge in [-0.25, -0.2) is 9.36 Å². The number of carbonyl (C=O) groups excluding carboxylic acids is 1. The number of Topliss-reactive ketones (excluding diaryl/α,β-unsaturated/α-hetero) is 1. The van der Waals surface area contributed by atoms with Crippen LogP contribution in [0.2, 0.25) is 0 Å². The first-order chi connectivity index (χ1) is 8.91. The molecule has 1 aromatic carbocycles. The molecule has 2 aromatic rings. The van der Waals surface area contributed by atoms with Crippen LogP contribution in [0.25, 0.3) is 5.69 Å². The summed E-state index contributed by atoms with van der Waals surface area (Å²) in [4.78, 5) is 37.7. The van der Waals surface area contributed by atoms with Crippen LogP contribution in [0.5, 0.6) is 0 Å². The third kappa shape index (κ3) is 2.44. The van der Waals surface area contributed by atoms with Crippen LogP contribution < -0.4 is 11.2 Å². The maximum atomic E-state index is 12.1. The van der Waals surface area contributed by atoms with Gasteiger partial charge in [-0.1, -0.05) is 15.9 Å². The average molecular weight is 323 g/mol. The Balaban J connectivity index is 2.78. The predicted molar refractivity (Wildman–Crippen MR) is 75.1 cm³/mol. The first-order valence-electron chi connectivity index (χ1n) is 5.54. The molecule has 0 saturated carbocycles. The molecule has 0 bridgehead atoms. The second-order valence-corrected chi connectivity index (χ2v) is 4.99. The van der Waals surface area contributed by atoms with Gasteiger partial charge in [0.2, 0.25) is 0 Å². The Hall–Kier alpha value is -1.95. The summed E-state index contributed by atoms with van der Waals surface area (Å²) in [5.41, 5.74) is 0.0851. The van der Waals surface area contributed by atoms with Crippen LogP contribution in [0, 0.1) is 6.92 Å². The van der Waals surface area contributed by atoms with Crippen molar-refractivity contribution in [1.82, 2.24) is 9.55 Å². The summed E-state index contributed by atoms with van der Waals surface area (Å²) in [6.45, 7) is 3.13. The zero-order valence-corrected chi connectivity index (χ0v) is 11.9. The van der Waals surface area contributed by atoms with Crippen molar-refractivity contribution >= 4 is 21.7 Å². The van der Waals surface area contributed by atoms with E-state index >= 15 is 0 Å². The molecule has 1 aromatic heterocycles. The molecule has 1 heterocycles. The van der Waals surface area contributed by atoms with E-state index < -0.39 is 11.2 Å². The van der Waals surface area contributed by atoms with Crippen molar-refractivity contribution in [3.63, 3.8) is 0 Å². The van der Waals surface area contributed by atoms with E-state index in [1.54, 1.807) is 18.2 Å². The highest BCUT2D eigenvalue weighted by Gasteiger charge is 2.12.